The van der Waals surface area contributed by atoms with Crippen LogP contribution in [0.4, 0.5) is 4.79 Å². The Balaban J connectivity index is 3.45. The molecular formula is C25H41N3O4S. The average Bonchev–Trinajstić information content (AvgIpc) is 2.68. The van der Waals surface area contributed by atoms with E-state index in [-0.39, 0.29) is 23.6 Å². The van der Waals surface area contributed by atoms with E-state index in [9.17, 15) is 14.4 Å². The van der Waals surface area contributed by atoms with Crippen LogP contribution in [0.25, 0.3) is 0 Å². The molecule has 0 saturated heterocycles. The van der Waals surface area contributed by atoms with Crippen LogP contribution in [0.3, 0.4) is 0 Å². The van der Waals surface area contributed by atoms with Gasteiger partial charge >= 0.3 is 6.09 Å². The van der Waals surface area contributed by atoms with Gasteiger partial charge in [-0.3, -0.25) is 9.59 Å². The number of hydrogen-bond acceptors (Lipinski definition) is 5. The Bertz CT molecular complexity index is 800. The lowest BCUT2D eigenvalue weighted by atomic mass is 9.93. The number of carbonyl (C=O) groups is 3. The maximum Gasteiger partial charge on any atom is 0.408 e. The molecule has 0 aromatic heterocycles. The Morgan fingerprint density at radius 1 is 1.09 bits per heavy atom. The Kier molecular flexibility index (Phi) is 11.2. The van der Waals surface area contributed by atoms with Gasteiger partial charge in [0.15, 0.2) is 0 Å². The lowest BCUT2D eigenvalue weighted by Gasteiger charge is -2.36. The van der Waals surface area contributed by atoms with E-state index >= 15 is 0 Å². The number of nitrogens with one attached hydrogen (secondary N) is 2. The van der Waals surface area contributed by atoms with Crippen molar-refractivity contribution in [2.75, 3.05) is 12.3 Å². The SMILES string of the molecule is CCCCN(C(=O)C(CS)NC(=O)OC(C)(C)C)C(C(=O)NC(C)C)c1c(C)cccc1C. The zero-order valence-corrected chi connectivity index (χ0v) is 22.2. The van der Waals surface area contributed by atoms with E-state index in [1.54, 1.807) is 25.7 Å². The lowest BCUT2D eigenvalue weighted by Crippen LogP contribution is -2.54. The summed E-state index contributed by atoms with van der Waals surface area (Å²) in [4.78, 5) is 41.1. The highest BCUT2D eigenvalue weighted by atomic mass is 32.1. The highest BCUT2D eigenvalue weighted by Crippen LogP contribution is 2.29. The Labute approximate surface area is 204 Å². The van der Waals surface area contributed by atoms with Gasteiger partial charge in [0, 0.05) is 18.3 Å². The predicted molar refractivity (Wildman–Crippen MR) is 136 cm³/mol. The summed E-state index contributed by atoms with van der Waals surface area (Å²) in [6.45, 7) is 15.3. The molecule has 0 radical (unpaired) electrons. The van der Waals surface area contributed by atoms with Crippen molar-refractivity contribution in [2.45, 2.75) is 92.0 Å². The molecule has 0 heterocycles. The average molecular weight is 480 g/mol. The molecule has 3 amide bonds. The fourth-order valence-corrected chi connectivity index (χ4v) is 3.83. The van der Waals surface area contributed by atoms with Crippen LogP contribution in [0.1, 0.15) is 77.1 Å². The number of carbonyl (C=O) groups excluding carboxylic acids is 3. The number of alkyl carbamates (subject to hydrolysis) is 1. The molecule has 33 heavy (non-hydrogen) atoms. The third-order valence-corrected chi connectivity index (χ3v) is 5.38. The van der Waals surface area contributed by atoms with Gasteiger partial charge in [-0.1, -0.05) is 31.5 Å². The van der Waals surface area contributed by atoms with Gasteiger partial charge in [-0.05, 0) is 71.6 Å². The number of amides is 3. The zero-order valence-electron chi connectivity index (χ0n) is 21.3. The molecule has 0 aliphatic carbocycles. The first-order valence-electron chi connectivity index (χ1n) is 11.6. The number of hydrogen-bond donors (Lipinski definition) is 3. The molecule has 2 atom stereocenters. The summed E-state index contributed by atoms with van der Waals surface area (Å²) in [5.41, 5.74) is 1.95. The number of rotatable bonds is 10. The highest BCUT2D eigenvalue weighted by Gasteiger charge is 2.37. The van der Waals surface area contributed by atoms with Gasteiger partial charge in [0.25, 0.3) is 0 Å². The first-order valence-corrected chi connectivity index (χ1v) is 12.2. The number of unbranched alkanes of at least 4 members (excludes halogenated alkanes) is 1. The minimum Gasteiger partial charge on any atom is -0.444 e. The number of aryl methyl sites for hydroxylation is 2. The fourth-order valence-electron chi connectivity index (χ4n) is 3.58. The Morgan fingerprint density at radius 2 is 1.67 bits per heavy atom. The first-order chi connectivity index (χ1) is 15.3. The minimum atomic E-state index is -0.932. The van der Waals surface area contributed by atoms with Crippen molar-refractivity contribution in [3.8, 4) is 0 Å². The molecule has 0 aliphatic heterocycles. The van der Waals surface area contributed by atoms with Gasteiger partial charge in [0.1, 0.15) is 17.7 Å². The van der Waals surface area contributed by atoms with E-state index in [0.29, 0.717) is 13.0 Å². The maximum atomic E-state index is 13.7. The Hall–Kier alpha value is -2.22. The number of ether oxygens (including phenoxy) is 1. The fraction of sp³-hybridized carbons (Fsp3) is 0.640. The normalized spacial score (nSPS) is 13.3. The second kappa shape index (κ2) is 12.9. The van der Waals surface area contributed by atoms with E-state index < -0.39 is 23.8 Å². The topological polar surface area (TPSA) is 87.7 Å². The van der Waals surface area contributed by atoms with Crippen molar-refractivity contribution in [3.63, 3.8) is 0 Å². The van der Waals surface area contributed by atoms with Crippen LogP contribution in [-0.2, 0) is 14.3 Å². The van der Waals surface area contributed by atoms with Crippen LogP contribution in [0.15, 0.2) is 18.2 Å². The van der Waals surface area contributed by atoms with E-state index in [0.717, 1.165) is 23.1 Å². The van der Waals surface area contributed by atoms with E-state index in [1.807, 2.05) is 52.8 Å². The smallest absolute Gasteiger partial charge is 0.408 e. The summed E-state index contributed by atoms with van der Waals surface area (Å²) >= 11 is 4.31. The molecule has 2 unspecified atom stereocenters. The van der Waals surface area contributed by atoms with Crippen LogP contribution >= 0.6 is 12.6 Å². The summed E-state index contributed by atoms with van der Waals surface area (Å²) < 4.78 is 5.33. The van der Waals surface area contributed by atoms with Crippen LogP contribution in [-0.4, -0.2) is 52.8 Å². The van der Waals surface area contributed by atoms with Crippen LogP contribution in [0, 0.1) is 13.8 Å². The van der Waals surface area contributed by atoms with Crippen LogP contribution in [0.2, 0.25) is 0 Å². The minimum absolute atomic E-state index is 0.0754. The highest BCUT2D eigenvalue weighted by molar-refractivity contribution is 7.80. The predicted octanol–water partition coefficient (Wildman–Crippen LogP) is 4.32. The van der Waals surface area contributed by atoms with Crippen molar-refractivity contribution in [3.05, 3.63) is 34.9 Å². The number of thiol groups is 1. The molecule has 1 rings (SSSR count). The summed E-state index contributed by atoms with van der Waals surface area (Å²) in [7, 11) is 0. The largest absolute Gasteiger partial charge is 0.444 e. The quantitative estimate of drug-likeness (QED) is 0.436. The second-order valence-electron chi connectivity index (χ2n) is 9.64. The Morgan fingerprint density at radius 3 is 2.12 bits per heavy atom. The van der Waals surface area contributed by atoms with E-state index in [1.165, 1.54) is 0 Å². The van der Waals surface area contributed by atoms with Crippen molar-refractivity contribution in [1.82, 2.24) is 15.5 Å². The lowest BCUT2D eigenvalue weighted by molar-refractivity contribution is -0.142. The van der Waals surface area contributed by atoms with Gasteiger partial charge in [-0.25, -0.2) is 4.79 Å². The van der Waals surface area contributed by atoms with Crippen molar-refractivity contribution in [2.24, 2.45) is 0 Å². The monoisotopic (exact) mass is 479 g/mol. The van der Waals surface area contributed by atoms with Crippen LogP contribution in [0.5, 0.6) is 0 Å². The van der Waals surface area contributed by atoms with Crippen molar-refractivity contribution < 1.29 is 19.1 Å². The van der Waals surface area contributed by atoms with Gasteiger partial charge in [-0.2, -0.15) is 12.6 Å². The molecule has 7 nitrogen and oxygen atoms in total. The van der Waals surface area contributed by atoms with E-state index in [2.05, 4.69) is 23.3 Å². The van der Waals surface area contributed by atoms with Crippen molar-refractivity contribution in [1.29, 1.82) is 0 Å². The molecule has 0 spiro atoms. The molecule has 0 fully saturated rings. The molecule has 2 N–H and O–H groups in total. The van der Waals surface area contributed by atoms with Crippen LogP contribution < -0.4 is 10.6 Å². The summed E-state index contributed by atoms with van der Waals surface area (Å²) in [6.07, 6.45) is 0.870. The molecule has 0 bridgehead atoms. The van der Waals surface area contributed by atoms with Gasteiger partial charge in [0.05, 0.1) is 0 Å². The van der Waals surface area contributed by atoms with E-state index in [4.69, 9.17) is 4.74 Å². The molecule has 1 aromatic carbocycles. The summed E-state index contributed by atoms with van der Waals surface area (Å²) in [5, 5.41) is 5.61. The molecule has 186 valence electrons. The number of benzene rings is 1. The zero-order chi connectivity index (χ0) is 25.3. The maximum absolute atomic E-state index is 13.7. The summed E-state index contributed by atoms with van der Waals surface area (Å²) in [5.74, 6) is -0.538. The molecule has 8 heteroatoms. The summed E-state index contributed by atoms with van der Waals surface area (Å²) in [6, 6.07) is 3.97. The van der Waals surface area contributed by atoms with Gasteiger partial charge < -0.3 is 20.3 Å². The van der Waals surface area contributed by atoms with Crippen molar-refractivity contribution >= 4 is 30.5 Å². The molecule has 1 aromatic rings. The molecule has 0 aliphatic rings. The second-order valence-corrected chi connectivity index (χ2v) is 10.0. The third-order valence-electron chi connectivity index (χ3n) is 5.01. The number of nitrogens with zero attached hydrogens (tertiary/aromatic N) is 1. The first kappa shape index (κ1) is 28.8. The molecular weight excluding hydrogens is 438 g/mol. The molecule has 0 saturated carbocycles. The standard InChI is InChI=1S/C25H41N3O4S/c1-9-10-14-28(23(30)19(15-33)27-24(31)32-25(6,7)8)21(22(29)26-16(2)3)20-17(4)12-11-13-18(20)5/h11-13,16,19,21,33H,9-10,14-15H2,1-8H3,(H,26,29)(H,27,31). The third kappa shape index (κ3) is 8.91. The van der Waals surface area contributed by atoms with Gasteiger partial charge in [0.2, 0.25) is 11.8 Å². The van der Waals surface area contributed by atoms with Gasteiger partial charge in [-0.15, -0.1) is 0 Å².